The van der Waals surface area contributed by atoms with Crippen LogP contribution in [0.15, 0.2) is 36.4 Å². The van der Waals surface area contributed by atoms with Gasteiger partial charge < -0.3 is 4.90 Å². The zero-order valence-electron chi connectivity index (χ0n) is 12.8. The summed E-state index contributed by atoms with van der Waals surface area (Å²) in [5, 5.41) is 8.32. The molecule has 1 aliphatic rings. The van der Waals surface area contributed by atoms with E-state index < -0.39 is 10.0 Å². The van der Waals surface area contributed by atoms with Crippen molar-refractivity contribution < 1.29 is 12.8 Å². The molecule has 1 aromatic carbocycles. The van der Waals surface area contributed by atoms with Crippen molar-refractivity contribution in [2.75, 3.05) is 31.3 Å². The van der Waals surface area contributed by atoms with E-state index in [2.05, 4.69) is 10.2 Å². The summed E-state index contributed by atoms with van der Waals surface area (Å²) in [6.07, 6.45) is 1.20. The summed E-state index contributed by atoms with van der Waals surface area (Å²) in [7, 11) is -1.59. The minimum Gasteiger partial charge on any atom is -0.352 e. The SMILES string of the molecule is CN(C1CN(c2ccc(-c3ccc(F)cc3)nn2)C1)S(C)(=O)=O. The number of anilines is 1. The van der Waals surface area contributed by atoms with E-state index in [-0.39, 0.29) is 11.9 Å². The lowest BCUT2D eigenvalue weighted by molar-refractivity contribution is 0.311. The summed E-state index contributed by atoms with van der Waals surface area (Å²) in [4.78, 5) is 1.97. The molecular formula is C15H17FN4O2S. The topological polar surface area (TPSA) is 66.4 Å². The molecule has 1 aromatic heterocycles. The maximum atomic E-state index is 12.9. The summed E-state index contributed by atoms with van der Waals surface area (Å²) >= 11 is 0. The van der Waals surface area contributed by atoms with E-state index >= 15 is 0 Å². The number of halogens is 1. The molecule has 23 heavy (non-hydrogen) atoms. The fourth-order valence-electron chi connectivity index (χ4n) is 2.41. The van der Waals surface area contributed by atoms with Crippen molar-refractivity contribution in [1.29, 1.82) is 0 Å². The van der Waals surface area contributed by atoms with Crippen molar-refractivity contribution >= 4 is 15.8 Å². The normalized spacial score (nSPS) is 15.7. The van der Waals surface area contributed by atoms with Crippen molar-refractivity contribution in [2.24, 2.45) is 0 Å². The fraction of sp³-hybridized carbons (Fsp3) is 0.333. The first kappa shape index (κ1) is 15.8. The van der Waals surface area contributed by atoms with Crippen LogP contribution in [-0.2, 0) is 10.0 Å². The molecule has 1 fully saturated rings. The van der Waals surface area contributed by atoms with Crippen LogP contribution in [-0.4, -0.2) is 55.4 Å². The van der Waals surface area contributed by atoms with Gasteiger partial charge in [-0.25, -0.2) is 12.8 Å². The highest BCUT2D eigenvalue weighted by atomic mass is 32.2. The standard InChI is InChI=1S/C15H17FN4O2S/c1-19(23(2,21)22)13-9-20(10-13)15-8-7-14(17-18-15)11-3-5-12(16)6-4-11/h3-8,13H,9-10H2,1-2H3. The van der Waals surface area contributed by atoms with Gasteiger partial charge in [0, 0.05) is 25.7 Å². The molecule has 0 bridgehead atoms. The molecule has 6 nitrogen and oxygen atoms in total. The van der Waals surface area contributed by atoms with Gasteiger partial charge >= 0.3 is 0 Å². The molecule has 0 N–H and O–H groups in total. The Labute approximate surface area is 134 Å². The predicted molar refractivity (Wildman–Crippen MR) is 86.0 cm³/mol. The third kappa shape index (κ3) is 3.32. The number of benzene rings is 1. The molecule has 0 atom stereocenters. The number of aromatic nitrogens is 2. The maximum Gasteiger partial charge on any atom is 0.211 e. The van der Waals surface area contributed by atoms with Crippen molar-refractivity contribution in [3.8, 4) is 11.3 Å². The van der Waals surface area contributed by atoms with E-state index in [1.807, 2.05) is 17.0 Å². The summed E-state index contributed by atoms with van der Waals surface area (Å²) in [5.41, 5.74) is 1.46. The molecule has 1 saturated heterocycles. The second-order valence-corrected chi connectivity index (χ2v) is 7.66. The highest BCUT2D eigenvalue weighted by Crippen LogP contribution is 2.24. The molecule has 2 heterocycles. The summed E-state index contributed by atoms with van der Waals surface area (Å²) in [5.74, 6) is 0.411. The lowest BCUT2D eigenvalue weighted by Crippen LogP contribution is -2.59. The van der Waals surface area contributed by atoms with Crippen molar-refractivity contribution in [3.05, 3.63) is 42.2 Å². The Balaban J connectivity index is 1.67. The van der Waals surface area contributed by atoms with Crippen LogP contribution >= 0.6 is 0 Å². The molecule has 122 valence electrons. The lowest BCUT2D eigenvalue weighted by atomic mass is 10.1. The quantitative estimate of drug-likeness (QED) is 0.843. The number of rotatable bonds is 4. The van der Waals surface area contributed by atoms with Crippen LogP contribution in [0, 0.1) is 5.82 Å². The Morgan fingerprint density at radius 3 is 2.30 bits per heavy atom. The number of nitrogens with zero attached hydrogens (tertiary/aromatic N) is 4. The van der Waals surface area contributed by atoms with E-state index in [4.69, 9.17) is 0 Å². The molecule has 2 aromatic rings. The van der Waals surface area contributed by atoms with Gasteiger partial charge in [-0.05, 0) is 36.4 Å². The number of likely N-dealkylation sites (N-methyl/N-ethyl adjacent to an activating group) is 1. The first-order chi connectivity index (χ1) is 10.8. The van der Waals surface area contributed by atoms with Crippen LogP contribution in [0.2, 0.25) is 0 Å². The van der Waals surface area contributed by atoms with E-state index in [1.54, 1.807) is 19.2 Å². The number of sulfonamides is 1. The van der Waals surface area contributed by atoms with E-state index in [0.29, 0.717) is 24.6 Å². The first-order valence-corrected chi connectivity index (χ1v) is 8.97. The smallest absolute Gasteiger partial charge is 0.211 e. The maximum absolute atomic E-state index is 12.9. The Hall–Kier alpha value is -2.06. The first-order valence-electron chi connectivity index (χ1n) is 7.12. The molecule has 1 aliphatic heterocycles. The van der Waals surface area contributed by atoms with Gasteiger partial charge in [-0.2, -0.15) is 4.31 Å². The van der Waals surface area contributed by atoms with Crippen LogP contribution in [0.4, 0.5) is 10.2 Å². The van der Waals surface area contributed by atoms with Crippen LogP contribution in [0.25, 0.3) is 11.3 Å². The van der Waals surface area contributed by atoms with E-state index in [1.165, 1.54) is 22.7 Å². The van der Waals surface area contributed by atoms with Crippen LogP contribution < -0.4 is 4.90 Å². The zero-order chi connectivity index (χ0) is 16.6. The van der Waals surface area contributed by atoms with Gasteiger partial charge in [0.25, 0.3) is 0 Å². The van der Waals surface area contributed by atoms with Gasteiger partial charge in [-0.3, -0.25) is 0 Å². The largest absolute Gasteiger partial charge is 0.352 e. The van der Waals surface area contributed by atoms with Crippen molar-refractivity contribution in [2.45, 2.75) is 6.04 Å². The summed E-state index contributed by atoms with van der Waals surface area (Å²) in [6, 6.07) is 9.69. The Morgan fingerprint density at radius 1 is 1.13 bits per heavy atom. The number of hydrogen-bond donors (Lipinski definition) is 0. The Morgan fingerprint density at radius 2 is 1.78 bits per heavy atom. The molecule has 0 amide bonds. The van der Waals surface area contributed by atoms with Gasteiger partial charge in [0.05, 0.1) is 18.0 Å². The lowest BCUT2D eigenvalue weighted by Gasteiger charge is -2.43. The van der Waals surface area contributed by atoms with Gasteiger partial charge in [-0.1, -0.05) is 0 Å². The minimum atomic E-state index is -3.17. The third-order valence-electron chi connectivity index (χ3n) is 4.01. The predicted octanol–water partition coefficient (Wildman–Crippen LogP) is 1.36. The number of hydrogen-bond acceptors (Lipinski definition) is 5. The van der Waals surface area contributed by atoms with E-state index in [9.17, 15) is 12.8 Å². The molecule has 8 heteroatoms. The average Bonchev–Trinajstić information content (AvgIpc) is 2.46. The minimum absolute atomic E-state index is 0.0384. The molecular weight excluding hydrogens is 319 g/mol. The van der Waals surface area contributed by atoms with Gasteiger partial charge in [0.15, 0.2) is 5.82 Å². The van der Waals surface area contributed by atoms with Crippen LogP contribution in [0.3, 0.4) is 0 Å². The van der Waals surface area contributed by atoms with Crippen molar-refractivity contribution in [1.82, 2.24) is 14.5 Å². The molecule has 0 aliphatic carbocycles. The van der Waals surface area contributed by atoms with Gasteiger partial charge in [0.2, 0.25) is 10.0 Å². The van der Waals surface area contributed by atoms with Crippen molar-refractivity contribution in [3.63, 3.8) is 0 Å². The highest BCUT2D eigenvalue weighted by Gasteiger charge is 2.34. The second-order valence-electron chi connectivity index (χ2n) is 5.62. The van der Waals surface area contributed by atoms with Gasteiger partial charge in [-0.15, -0.1) is 10.2 Å². The van der Waals surface area contributed by atoms with Crippen LogP contribution in [0.1, 0.15) is 0 Å². The highest BCUT2D eigenvalue weighted by molar-refractivity contribution is 7.88. The molecule has 0 radical (unpaired) electrons. The summed E-state index contributed by atoms with van der Waals surface area (Å²) < 4.78 is 37.3. The second kappa shape index (κ2) is 5.86. The van der Waals surface area contributed by atoms with Gasteiger partial charge in [0.1, 0.15) is 5.82 Å². The molecule has 3 rings (SSSR count). The molecule has 0 spiro atoms. The molecule has 0 saturated carbocycles. The zero-order valence-corrected chi connectivity index (χ0v) is 13.7. The van der Waals surface area contributed by atoms with Crippen LogP contribution in [0.5, 0.6) is 0 Å². The Bertz CT molecular complexity index is 787. The van der Waals surface area contributed by atoms with E-state index in [0.717, 1.165) is 5.56 Å². The monoisotopic (exact) mass is 336 g/mol. The fourth-order valence-corrected chi connectivity index (χ4v) is 3.09. The molecule has 0 unspecified atom stereocenters. The summed E-state index contributed by atoms with van der Waals surface area (Å²) in [6.45, 7) is 1.18. The average molecular weight is 336 g/mol. The third-order valence-corrected chi connectivity index (χ3v) is 5.36. The Kier molecular flexibility index (Phi) is 4.03.